The van der Waals surface area contributed by atoms with E-state index in [4.69, 9.17) is 5.26 Å². The Morgan fingerprint density at radius 1 is 1.29 bits per heavy atom. The van der Waals surface area contributed by atoms with Gasteiger partial charge in [-0.15, -0.1) is 0 Å². The first-order valence-corrected chi connectivity index (χ1v) is 10.4. The molecule has 0 radical (unpaired) electrons. The van der Waals surface area contributed by atoms with E-state index in [1.54, 1.807) is 47.0 Å². The van der Waals surface area contributed by atoms with Crippen molar-refractivity contribution in [1.82, 2.24) is 29.6 Å². The van der Waals surface area contributed by atoms with Crippen molar-refractivity contribution in [2.75, 3.05) is 11.9 Å². The summed E-state index contributed by atoms with van der Waals surface area (Å²) in [5.74, 6) is -0.0681. The van der Waals surface area contributed by atoms with E-state index in [9.17, 15) is 14.3 Å². The van der Waals surface area contributed by atoms with Crippen molar-refractivity contribution in [3.63, 3.8) is 0 Å². The van der Waals surface area contributed by atoms with Crippen molar-refractivity contribution in [3.05, 3.63) is 60.3 Å². The van der Waals surface area contributed by atoms with Crippen LogP contribution in [0.15, 0.2) is 49.2 Å². The molecule has 10 nitrogen and oxygen atoms in total. The van der Waals surface area contributed by atoms with Gasteiger partial charge < -0.3 is 15.7 Å². The Morgan fingerprint density at radius 2 is 2.09 bits per heavy atom. The maximum Gasteiger partial charge on any atom is 0.255 e. The maximum atomic E-state index is 14.2. The molecule has 0 aliphatic rings. The van der Waals surface area contributed by atoms with E-state index in [-0.39, 0.29) is 12.1 Å². The van der Waals surface area contributed by atoms with Gasteiger partial charge in [-0.05, 0) is 26.0 Å². The van der Waals surface area contributed by atoms with Gasteiger partial charge in [0.2, 0.25) is 0 Å². The highest BCUT2D eigenvalue weighted by Crippen LogP contribution is 2.25. The minimum Gasteiger partial charge on any atom is -0.387 e. The van der Waals surface area contributed by atoms with Gasteiger partial charge in [-0.25, -0.2) is 14.4 Å². The summed E-state index contributed by atoms with van der Waals surface area (Å²) >= 11 is 0. The lowest BCUT2D eigenvalue weighted by atomic mass is 10.0. The number of anilines is 2. The van der Waals surface area contributed by atoms with Crippen molar-refractivity contribution in [1.29, 1.82) is 5.26 Å². The number of carbonyl (C=O) groups is 1. The number of pyridine rings is 2. The molecule has 0 saturated carbocycles. The number of nitrogens with zero attached hydrogens (tertiary/aromatic N) is 6. The van der Waals surface area contributed by atoms with Gasteiger partial charge in [0.05, 0.1) is 40.8 Å². The molecule has 3 N–H and O–H groups in total. The number of carbonyl (C=O) groups excluding carboxylic acids is 1. The lowest BCUT2D eigenvalue weighted by Crippen LogP contribution is -2.42. The van der Waals surface area contributed by atoms with Crippen molar-refractivity contribution in [2.24, 2.45) is 7.05 Å². The fourth-order valence-corrected chi connectivity index (χ4v) is 3.30. The van der Waals surface area contributed by atoms with E-state index in [2.05, 4.69) is 31.8 Å². The molecule has 1 atom stereocenters. The van der Waals surface area contributed by atoms with Crippen molar-refractivity contribution in [2.45, 2.75) is 25.6 Å². The Morgan fingerprint density at radius 3 is 2.76 bits per heavy atom. The van der Waals surface area contributed by atoms with Gasteiger partial charge in [0, 0.05) is 43.3 Å². The Labute approximate surface area is 194 Å². The SMILES string of the molecule is Cn1cc(Nc2cc(-n3ccc4cc(C#N)cnc43)ncc2C(=O)NC[C@@H](F)C(C)(C)O)cn1. The third-order valence-corrected chi connectivity index (χ3v) is 5.23. The lowest BCUT2D eigenvalue weighted by molar-refractivity contribution is -0.00177. The van der Waals surface area contributed by atoms with Crippen LogP contribution in [0, 0.1) is 11.3 Å². The van der Waals surface area contributed by atoms with E-state index in [1.165, 1.54) is 26.2 Å². The average Bonchev–Trinajstić information content (AvgIpc) is 3.41. The van der Waals surface area contributed by atoms with Crippen LogP contribution < -0.4 is 10.6 Å². The number of hydrogen-bond acceptors (Lipinski definition) is 7. The zero-order chi connectivity index (χ0) is 24.5. The standard InChI is InChI=1S/C23H23FN8O2/c1-23(2,34)19(24)12-28-22(33)17-11-26-20(7-18(17)30-16-10-29-31(3)13-16)32-5-4-15-6-14(8-25)9-27-21(15)32/h4-7,9-11,13,19,34H,12H2,1-3H3,(H,26,30)(H,28,33)/t19-/m1/s1. The summed E-state index contributed by atoms with van der Waals surface area (Å²) in [5.41, 5.74) is 0.710. The predicted octanol–water partition coefficient (Wildman–Crippen LogP) is 2.61. The monoisotopic (exact) mass is 462 g/mol. The topological polar surface area (TPSA) is 134 Å². The normalized spacial score (nSPS) is 12.4. The Kier molecular flexibility index (Phi) is 6.00. The molecule has 0 aliphatic carbocycles. The fraction of sp³-hybridized carbons (Fsp3) is 0.261. The number of aromatic nitrogens is 5. The van der Waals surface area contributed by atoms with Crippen LogP contribution in [-0.4, -0.2) is 53.6 Å². The molecular formula is C23H23FN8O2. The number of halogens is 1. The molecule has 0 saturated heterocycles. The third-order valence-electron chi connectivity index (χ3n) is 5.23. The summed E-state index contributed by atoms with van der Waals surface area (Å²) in [6.45, 7) is 2.32. The minimum absolute atomic E-state index is 0.187. The number of amides is 1. The van der Waals surface area contributed by atoms with Crippen LogP contribution >= 0.6 is 0 Å². The quantitative estimate of drug-likeness (QED) is 0.384. The molecular weight excluding hydrogens is 439 g/mol. The van der Waals surface area contributed by atoms with Crippen LogP contribution in [0.5, 0.6) is 0 Å². The molecule has 4 rings (SSSR count). The zero-order valence-corrected chi connectivity index (χ0v) is 18.8. The van der Waals surface area contributed by atoms with Crippen LogP contribution in [0.1, 0.15) is 29.8 Å². The Hall–Kier alpha value is -4.30. The fourth-order valence-electron chi connectivity index (χ4n) is 3.30. The van der Waals surface area contributed by atoms with E-state index < -0.39 is 17.7 Å². The number of aryl methyl sites for hydroxylation is 1. The number of nitrogens with one attached hydrogen (secondary N) is 2. The first-order chi connectivity index (χ1) is 16.2. The second-order valence-corrected chi connectivity index (χ2v) is 8.38. The Balaban J connectivity index is 1.70. The molecule has 0 fully saturated rings. The van der Waals surface area contributed by atoms with Gasteiger partial charge in [0.25, 0.3) is 5.91 Å². The van der Waals surface area contributed by atoms with Crippen LogP contribution in [0.3, 0.4) is 0 Å². The predicted molar refractivity (Wildman–Crippen MR) is 124 cm³/mol. The molecule has 4 heterocycles. The molecule has 11 heteroatoms. The number of nitriles is 1. The maximum absolute atomic E-state index is 14.2. The summed E-state index contributed by atoms with van der Waals surface area (Å²) in [5, 5.41) is 29.5. The average molecular weight is 462 g/mol. The molecule has 174 valence electrons. The largest absolute Gasteiger partial charge is 0.387 e. The highest BCUT2D eigenvalue weighted by molar-refractivity contribution is 6.00. The van der Waals surface area contributed by atoms with E-state index in [0.717, 1.165) is 5.39 Å². The highest BCUT2D eigenvalue weighted by Gasteiger charge is 2.27. The second kappa shape index (κ2) is 8.92. The van der Waals surface area contributed by atoms with E-state index in [1.807, 2.05) is 6.07 Å². The van der Waals surface area contributed by atoms with Gasteiger partial charge >= 0.3 is 0 Å². The summed E-state index contributed by atoms with van der Waals surface area (Å²) in [4.78, 5) is 21.6. The second-order valence-electron chi connectivity index (χ2n) is 8.38. The molecule has 0 unspecified atom stereocenters. The number of alkyl halides is 1. The van der Waals surface area contributed by atoms with Crippen LogP contribution in [0.25, 0.3) is 16.9 Å². The van der Waals surface area contributed by atoms with E-state index in [0.29, 0.717) is 28.4 Å². The van der Waals surface area contributed by atoms with Gasteiger partial charge in [0.15, 0.2) is 0 Å². The molecule has 0 aliphatic heterocycles. The van der Waals surface area contributed by atoms with Crippen LogP contribution in [0.4, 0.5) is 15.8 Å². The van der Waals surface area contributed by atoms with Crippen LogP contribution in [-0.2, 0) is 7.05 Å². The molecule has 0 bridgehead atoms. The van der Waals surface area contributed by atoms with Crippen LogP contribution in [0.2, 0.25) is 0 Å². The first kappa shape index (κ1) is 22.9. The third kappa shape index (κ3) is 4.72. The molecule has 4 aromatic rings. The van der Waals surface area contributed by atoms with Crippen molar-refractivity contribution in [3.8, 4) is 11.9 Å². The Bertz CT molecular complexity index is 1400. The number of fused-ring (bicyclic) bond motifs is 1. The number of aliphatic hydroxyl groups is 1. The van der Waals surface area contributed by atoms with E-state index >= 15 is 0 Å². The summed E-state index contributed by atoms with van der Waals surface area (Å²) in [6, 6.07) is 7.28. The molecule has 1 amide bonds. The molecule has 4 aromatic heterocycles. The summed E-state index contributed by atoms with van der Waals surface area (Å²) < 4.78 is 17.5. The minimum atomic E-state index is -1.64. The van der Waals surface area contributed by atoms with Gasteiger partial charge in [-0.1, -0.05) is 0 Å². The zero-order valence-electron chi connectivity index (χ0n) is 18.8. The van der Waals surface area contributed by atoms with Crippen molar-refractivity contribution >= 4 is 28.3 Å². The lowest BCUT2D eigenvalue weighted by Gasteiger charge is -2.22. The van der Waals surface area contributed by atoms with Gasteiger partial charge in [-0.3, -0.25) is 14.0 Å². The molecule has 0 aromatic carbocycles. The first-order valence-electron chi connectivity index (χ1n) is 10.4. The summed E-state index contributed by atoms with van der Waals surface area (Å²) in [7, 11) is 1.77. The van der Waals surface area contributed by atoms with Crippen molar-refractivity contribution < 1.29 is 14.3 Å². The summed E-state index contributed by atoms with van der Waals surface area (Å²) in [6.07, 6.45) is 6.33. The smallest absolute Gasteiger partial charge is 0.255 e. The van der Waals surface area contributed by atoms with Gasteiger partial charge in [0.1, 0.15) is 23.7 Å². The number of rotatable bonds is 7. The molecule has 34 heavy (non-hydrogen) atoms. The highest BCUT2D eigenvalue weighted by atomic mass is 19.1. The van der Waals surface area contributed by atoms with Gasteiger partial charge in [-0.2, -0.15) is 10.4 Å². The molecule has 0 spiro atoms. The number of hydrogen-bond donors (Lipinski definition) is 3.